The SMILES string of the molecule is COC(=O)C(N)CSCC1CCOCO1. The minimum Gasteiger partial charge on any atom is -0.468 e. The van der Waals surface area contributed by atoms with Crippen molar-refractivity contribution < 1.29 is 19.0 Å². The highest BCUT2D eigenvalue weighted by atomic mass is 32.2. The number of hydrogen-bond donors (Lipinski definition) is 1. The number of thioether (sulfide) groups is 1. The molecule has 1 rings (SSSR count). The first-order valence-electron chi connectivity index (χ1n) is 4.84. The van der Waals surface area contributed by atoms with E-state index in [1.54, 1.807) is 11.8 Å². The van der Waals surface area contributed by atoms with E-state index in [2.05, 4.69) is 4.74 Å². The molecule has 1 aliphatic rings. The van der Waals surface area contributed by atoms with Gasteiger partial charge in [0.05, 0.1) is 19.8 Å². The lowest BCUT2D eigenvalue weighted by Gasteiger charge is -2.22. The van der Waals surface area contributed by atoms with E-state index in [4.69, 9.17) is 15.2 Å². The topological polar surface area (TPSA) is 70.8 Å². The van der Waals surface area contributed by atoms with Gasteiger partial charge in [-0.15, -0.1) is 0 Å². The third-order valence-electron chi connectivity index (χ3n) is 2.08. The van der Waals surface area contributed by atoms with Crippen molar-refractivity contribution in [3.63, 3.8) is 0 Å². The highest BCUT2D eigenvalue weighted by Crippen LogP contribution is 2.13. The quantitative estimate of drug-likeness (QED) is 0.675. The molecule has 0 aromatic rings. The van der Waals surface area contributed by atoms with Gasteiger partial charge in [0.1, 0.15) is 12.8 Å². The fraction of sp³-hybridized carbons (Fsp3) is 0.889. The second-order valence-corrected chi connectivity index (χ2v) is 4.35. The van der Waals surface area contributed by atoms with E-state index in [0.717, 1.165) is 18.8 Å². The zero-order valence-electron chi connectivity index (χ0n) is 8.81. The minimum absolute atomic E-state index is 0.216. The molecule has 2 atom stereocenters. The van der Waals surface area contributed by atoms with Crippen LogP contribution in [0, 0.1) is 0 Å². The first kappa shape index (κ1) is 12.8. The van der Waals surface area contributed by atoms with E-state index in [1.807, 2.05) is 0 Å². The third kappa shape index (κ3) is 4.83. The molecule has 0 radical (unpaired) electrons. The molecule has 0 saturated carbocycles. The summed E-state index contributed by atoms with van der Waals surface area (Å²) in [5.41, 5.74) is 5.58. The van der Waals surface area contributed by atoms with Gasteiger partial charge in [0.15, 0.2) is 0 Å². The van der Waals surface area contributed by atoms with Crippen molar-refractivity contribution in [2.24, 2.45) is 5.73 Å². The van der Waals surface area contributed by atoms with Crippen LogP contribution in [0.2, 0.25) is 0 Å². The van der Waals surface area contributed by atoms with Crippen molar-refractivity contribution >= 4 is 17.7 Å². The summed E-state index contributed by atoms with van der Waals surface area (Å²) in [6.45, 7) is 1.11. The van der Waals surface area contributed by atoms with Gasteiger partial charge in [-0.3, -0.25) is 4.79 Å². The van der Waals surface area contributed by atoms with Gasteiger partial charge in [-0.2, -0.15) is 11.8 Å². The lowest BCUT2D eigenvalue weighted by atomic mass is 10.3. The van der Waals surface area contributed by atoms with E-state index in [9.17, 15) is 4.79 Å². The third-order valence-corrected chi connectivity index (χ3v) is 3.28. The Morgan fingerprint density at radius 3 is 3.13 bits per heavy atom. The molecule has 2 N–H and O–H groups in total. The van der Waals surface area contributed by atoms with Crippen molar-refractivity contribution in [2.75, 3.05) is 32.0 Å². The van der Waals surface area contributed by atoms with E-state index in [0.29, 0.717) is 12.5 Å². The van der Waals surface area contributed by atoms with Crippen LogP contribution in [0.1, 0.15) is 6.42 Å². The van der Waals surface area contributed by atoms with E-state index < -0.39 is 6.04 Å². The van der Waals surface area contributed by atoms with Crippen LogP contribution in [-0.4, -0.2) is 50.1 Å². The molecule has 15 heavy (non-hydrogen) atoms. The van der Waals surface area contributed by atoms with Gasteiger partial charge in [-0.25, -0.2) is 0 Å². The number of carbonyl (C=O) groups excluding carboxylic acids is 1. The van der Waals surface area contributed by atoms with Crippen LogP contribution in [0.25, 0.3) is 0 Å². The molecule has 0 aromatic carbocycles. The molecule has 0 spiro atoms. The summed E-state index contributed by atoms with van der Waals surface area (Å²) in [6.07, 6.45) is 1.12. The molecule has 0 bridgehead atoms. The normalized spacial score (nSPS) is 23.5. The van der Waals surface area contributed by atoms with E-state index in [1.165, 1.54) is 7.11 Å². The maximum Gasteiger partial charge on any atom is 0.323 e. The maximum absolute atomic E-state index is 11.0. The Balaban J connectivity index is 2.07. The van der Waals surface area contributed by atoms with Crippen molar-refractivity contribution in [2.45, 2.75) is 18.6 Å². The van der Waals surface area contributed by atoms with Gasteiger partial charge in [-0.05, 0) is 6.42 Å². The summed E-state index contributed by atoms with van der Waals surface area (Å²) in [5.74, 6) is 1.04. The summed E-state index contributed by atoms with van der Waals surface area (Å²) in [6, 6.07) is -0.542. The summed E-state index contributed by atoms with van der Waals surface area (Å²) >= 11 is 1.61. The number of carbonyl (C=O) groups is 1. The second kappa shape index (κ2) is 7.05. The lowest BCUT2D eigenvalue weighted by molar-refractivity contribution is -0.141. The minimum atomic E-state index is -0.542. The smallest absolute Gasteiger partial charge is 0.323 e. The molecule has 2 unspecified atom stereocenters. The largest absolute Gasteiger partial charge is 0.468 e. The zero-order valence-corrected chi connectivity index (χ0v) is 9.63. The molecular formula is C9H17NO4S. The Labute approximate surface area is 93.6 Å². The first-order chi connectivity index (χ1) is 7.24. The van der Waals surface area contributed by atoms with Crippen LogP contribution in [-0.2, 0) is 19.0 Å². The average Bonchev–Trinajstić information content (AvgIpc) is 2.29. The number of esters is 1. The molecule has 1 fully saturated rings. The molecule has 1 heterocycles. The Hall–Kier alpha value is -0.300. The van der Waals surface area contributed by atoms with E-state index in [-0.39, 0.29) is 12.1 Å². The first-order valence-corrected chi connectivity index (χ1v) is 6.00. The monoisotopic (exact) mass is 235 g/mol. The summed E-state index contributed by atoms with van der Waals surface area (Å²) in [5, 5.41) is 0. The predicted octanol–water partition coefficient (Wildman–Crippen LogP) is -0.0171. The van der Waals surface area contributed by atoms with Gasteiger partial charge < -0.3 is 19.9 Å². The average molecular weight is 235 g/mol. The molecule has 1 aliphatic heterocycles. The molecule has 0 aromatic heterocycles. The molecule has 5 nitrogen and oxygen atoms in total. The second-order valence-electron chi connectivity index (χ2n) is 3.27. The fourth-order valence-corrected chi connectivity index (χ4v) is 2.23. The van der Waals surface area contributed by atoms with Crippen molar-refractivity contribution in [3.8, 4) is 0 Å². The van der Waals surface area contributed by atoms with Crippen LogP contribution in [0.3, 0.4) is 0 Å². The number of methoxy groups -OCH3 is 1. The summed E-state index contributed by atoms with van der Waals surface area (Å²) in [4.78, 5) is 11.0. The van der Waals surface area contributed by atoms with Crippen LogP contribution >= 0.6 is 11.8 Å². The van der Waals surface area contributed by atoms with Gasteiger partial charge in [0.2, 0.25) is 0 Å². The van der Waals surface area contributed by atoms with Crippen molar-refractivity contribution in [1.82, 2.24) is 0 Å². The van der Waals surface area contributed by atoms with Gasteiger partial charge in [-0.1, -0.05) is 0 Å². The highest BCUT2D eigenvalue weighted by molar-refractivity contribution is 7.99. The van der Waals surface area contributed by atoms with E-state index >= 15 is 0 Å². The van der Waals surface area contributed by atoms with Crippen molar-refractivity contribution in [1.29, 1.82) is 0 Å². The molecule has 88 valence electrons. The number of nitrogens with two attached hydrogens (primary N) is 1. The Kier molecular flexibility index (Phi) is 6.00. The van der Waals surface area contributed by atoms with Crippen LogP contribution in [0.4, 0.5) is 0 Å². The Bertz CT molecular complexity index is 197. The maximum atomic E-state index is 11.0. The van der Waals surface area contributed by atoms with Gasteiger partial charge >= 0.3 is 5.97 Å². The molecule has 1 saturated heterocycles. The number of hydrogen-bond acceptors (Lipinski definition) is 6. The Morgan fingerprint density at radius 1 is 1.73 bits per heavy atom. The summed E-state index contributed by atoms with van der Waals surface area (Å²) < 4.78 is 14.9. The zero-order chi connectivity index (χ0) is 11.1. The predicted molar refractivity (Wildman–Crippen MR) is 57.6 cm³/mol. The molecule has 6 heteroatoms. The van der Waals surface area contributed by atoms with Crippen LogP contribution < -0.4 is 5.73 Å². The Morgan fingerprint density at radius 2 is 2.53 bits per heavy atom. The molecule has 0 amide bonds. The number of ether oxygens (including phenoxy) is 3. The van der Waals surface area contributed by atoms with Crippen LogP contribution in [0.15, 0.2) is 0 Å². The standard InChI is InChI=1S/C9H17NO4S/c1-12-9(11)8(10)5-15-4-7-2-3-13-6-14-7/h7-8H,2-6,10H2,1H3. The molecule has 0 aliphatic carbocycles. The van der Waals surface area contributed by atoms with Crippen molar-refractivity contribution in [3.05, 3.63) is 0 Å². The number of rotatable bonds is 5. The fourth-order valence-electron chi connectivity index (χ4n) is 1.18. The summed E-state index contributed by atoms with van der Waals surface area (Å²) in [7, 11) is 1.34. The van der Waals surface area contributed by atoms with Crippen LogP contribution in [0.5, 0.6) is 0 Å². The molecular weight excluding hydrogens is 218 g/mol. The van der Waals surface area contributed by atoms with Gasteiger partial charge in [0.25, 0.3) is 0 Å². The lowest BCUT2D eigenvalue weighted by Crippen LogP contribution is -2.34. The highest BCUT2D eigenvalue weighted by Gasteiger charge is 2.17. The van der Waals surface area contributed by atoms with Gasteiger partial charge in [0, 0.05) is 11.5 Å².